The number of esters is 1. The molecule has 0 bridgehead atoms. The van der Waals surface area contributed by atoms with E-state index in [0.29, 0.717) is 5.82 Å². The Hall–Kier alpha value is -2.17. The summed E-state index contributed by atoms with van der Waals surface area (Å²) < 4.78 is 7.07. The van der Waals surface area contributed by atoms with E-state index in [1.165, 1.54) is 6.92 Å². The zero-order chi connectivity index (χ0) is 13.8. The summed E-state index contributed by atoms with van der Waals surface area (Å²) in [6.45, 7) is 5.21. The highest BCUT2D eigenvalue weighted by atomic mass is 16.6. The summed E-state index contributed by atoms with van der Waals surface area (Å²) in [6.07, 6.45) is 0.167. The fourth-order valence-electron chi connectivity index (χ4n) is 1.94. The Kier molecular flexibility index (Phi) is 3.94. The number of carbonyl (C=O) groups excluding carboxylic acids is 1. The molecule has 1 aromatic heterocycles. The van der Waals surface area contributed by atoms with E-state index in [9.17, 15) is 4.79 Å². The number of benzene rings is 1. The van der Waals surface area contributed by atoms with Gasteiger partial charge in [0, 0.05) is 18.9 Å². The Morgan fingerprint density at radius 3 is 2.63 bits per heavy atom. The molecule has 0 saturated heterocycles. The van der Waals surface area contributed by atoms with Gasteiger partial charge in [0.05, 0.1) is 0 Å². The molecule has 2 aromatic rings. The van der Waals surface area contributed by atoms with Crippen LogP contribution in [0.5, 0.6) is 0 Å². The van der Waals surface area contributed by atoms with Gasteiger partial charge in [-0.2, -0.15) is 5.10 Å². The summed E-state index contributed by atoms with van der Waals surface area (Å²) in [6, 6.07) is 9.54. The zero-order valence-corrected chi connectivity index (χ0v) is 11.3. The van der Waals surface area contributed by atoms with Crippen LogP contribution in [0.3, 0.4) is 0 Å². The molecule has 19 heavy (non-hydrogen) atoms. The van der Waals surface area contributed by atoms with Crippen molar-refractivity contribution < 1.29 is 9.53 Å². The number of aromatic nitrogens is 3. The summed E-state index contributed by atoms with van der Waals surface area (Å²) >= 11 is 0. The van der Waals surface area contributed by atoms with E-state index in [2.05, 4.69) is 10.1 Å². The molecule has 1 aromatic carbocycles. The van der Waals surface area contributed by atoms with Gasteiger partial charge < -0.3 is 4.74 Å². The minimum Gasteiger partial charge on any atom is -0.435 e. The number of hydrogen-bond donors (Lipinski definition) is 0. The van der Waals surface area contributed by atoms with Crippen molar-refractivity contribution in [3.05, 3.63) is 47.5 Å². The lowest BCUT2D eigenvalue weighted by Crippen LogP contribution is -2.20. The topological polar surface area (TPSA) is 57.0 Å². The highest BCUT2D eigenvalue weighted by molar-refractivity contribution is 5.66. The lowest BCUT2D eigenvalue weighted by Gasteiger charge is -2.19. The van der Waals surface area contributed by atoms with Crippen LogP contribution in [0.15, 0.2) is 30.3 Å². The minimum atomic E-state index is -0.560. The van der Waals surface area contributed by atoms with Gasteiger partial charge in [0.2, 0.25) is 6.23 Å². The summed E-state index contributed by atoms with van der Waals surface area (Å²) in [7, 11) is 0. The van der Waals surface area contributed by atoms with Crippen LogP contribution in [-0.4, -0.2) is 20.7 Å². The molecule has 1 unspecified atom stereocenters. The van der Waals surface area contributed by atoms with Crippen LogP contribution in [0.2, 0.25) is 0 Å². The summed E-state index contributed by atoms with van der Waals surface area (Å²) in [5.74, 6) is 1.13. The SMILES string of the molecule is CCc1nc(C)nn1C(OC(C)=O)c1ccccc1. The number of carbonyl (C=O) groups is 1. The van der Waals surface area contributed by atoms with Crippen molar-refractivity contribution in [3.8, 4) is 0 Å². The molecule has 0 spiro atoms. The Balaban J connectivity index is 2.45. The van der Waals surface area contributed by atoms with Crippen LogP contribution in [0.1, 0.15) is 37.3 Å². The lowest BCUT2D eigenvalue weighted by atomic mass is 10.2. The summed E-state index contributed by atoms with van der Waals surface area (Å²) in [4.78, 5) is 15.7. The van der Waals surface area contributed by atoms with Crippen LogP contribution in [-0.2, 0) is 16.0 Å². The average Bonchev–Trinajstić information content (AvgIpc) is 2.78. The second-order valence-electron chi connectivity index (χ2n) is 4.25. The van der Waals surface area contributed by atoms with Gasteiger partial charge >= 0.3 is 5.97 Å². The van der Waals surface area contributed by atoms with E-state index < -0.39 is 6.23 Å². The molecule has 0 aliphatic carbocycles. The minimum absolute atomic E-state index is 0.343. The van der Waals surface area contributed by atoms with Gasteiger partial charge in [-0.15, -0.1) is 0 Å². The molecule has 1 atom stereocenters. The number of nitrogens with zero attached hydrogens (tertiary/aromatic N) is 3. The molecular formula is C14H17N3O2. The predicted molar refractivity (Wildman–Crippen MR) is 70.5 cm³/mol. The van der Waals surface area contributed by atoms with E-state index >= 15 is 0 Å². The van der Waals surface area contributed by atoms with Crippen LogP contribution < -0.4 is 0 Å². The molecule has 0 aliphatic rings. The third kappa shape index (κ3) is 2.99. The largest absolute Gasteiger partial charge is 0.435 e. The van der Waals surface area contributed by atoms with Crippen molar-refractivity contribution in [1.82, 2.24) is 14.8 Å². The lowest BCUT2D eigenvalue weighted by molar-refractivity contribution is -0.149. The molecule has 1 heterocycles. The van der Waals surface area contributed by atoms with Crippen LogP contribution in [0, 0.1) is 6.92 Å². The average molecular weight is 259 g/mol. The van der Waals surface area contributed by atoms with Crippen LogP contribution >= 0.6 is 0 Å². The monoisotopic (exact) mass is 259 g/mol. The predicted octanol–water partition coefficient (Wildman–Crippen LogP) is 2.26. The first-order valence-corrected chi connectivity index (χ1v) is 6.26. The molecule has 5 heteroatoms. The third-order valence-electron chi connectivity index (χ3n) is 2.71. The van der Waals surface area contributed by atoms with Gasteiger partial charge in [-0.3, -0.25) is 4.79 Å². The van der Waals surface area contributed by atoms with E-state index in [0.717, 1.165) is 17.8 Å². The van der Waals surface area contributed by atoms with Gasteiger partial charge in [-0.05, 0) is 6.92 Å². The highest BCUT2D eigenvalue weighted by Crippen LogP contribution is 2.21. The quantitative estimate of drug-likeness (QED) is 0.790. The molecular weight excluding hydrogens is 242 g/mol. The Labute approximate surface area is 112 Å². The van der Waals surface area contributed by atoms with Crippen LogP contribution in [0.25, 0.3) is 0 Å². The second-order valence-corrected chi connectivity index (χ2v) is 4.25. The summed E-state index contributed by atoms with van der Waals surface area (Å²) in [5.41, 5.74) is 0.873. The number of ether oxygens (including phenoxy) is 1. The van der Waals surface area contributed by atoms with Gasteiger partial charge in [-0.1, -0.05) is 37.3 Å². The number of aryl methyl sites for hydroxylation is 2. The first kappa shape index (κ1) is 13.3. The first-order chi connectivity index (χ1) is 9.11. The molecule has 100 valence electrons. The van der Waals surface area contributed by atoms with Crippen molar-refractivity contribution >= 4 is 5.97 Å². The van der Waals surface area contributed by atoms with Crippen molar-refractivity contribution in [3.63, 3.8) is 0 Å². The molecule has 0 amide bonds. The molecule has 0 N–H and O–H groups in total. The Bertz CT molecular complexity index is 563. The molecule has 5 nitrogen and oxygen atoms in total. The molecule has 0 saturated carbocycles. The Morgan fingerprint density at radius 2 is 2.05 bits per heavy atom. The molecule has 0 fully saturated rings. The van der Waals surface area contributed by atoms with E-state index in [-0.39, 0.29) is 5.97 Å². The fourth-order valence-corrected chi connectivity index (χ4v) is 1.94. The number of hydrogen-bond acceptors (Lipinski definition) is 4. The van der Waals surface area contributed by atoms with Crippen molar-refractivity contribution in [2.45, 2.75) is 33.4 Å². The van der Waals surface area contributed by atoms with Gasteiger partial charge in [0.1, 0.15) is 11.6 Å². The molecule has 0 radical (unpaired) electrons. The maximum atomic E-state index is 11.3. The fraction of sp³-hybridized carbons (Fsp3) is 0.357. The second kappa shape index (κ2) is 5.65. The van der Waals surface area contributed by atoms with E-state index in [4.69, 9.17) is 4.74 Å². The van der Waals surface area contributed by atoms with Crippen molar-refractivity contribution in [1.29, 1.82) is 0 Å². The maximum Gasteiger partial charge on any atom is 0.304 e. The van der Waals surface area contributed by atoms with Crippen LogP contribution in [0.4, 0.5) is 0 Å². The van der Waals surface area contributed by atoms with Gasteiger partial charge in [0.25, 0.3) is 0 Å². The highest BCUT2D eigenvalue weighted by Gasteiger charge is 2.21. The van der Waals surface area contributed by atoms with Gasteiger partial charge in [-0.25, -0.2) is 9.67 Å². The standard InChI is InChI=1S/C14H17N3O2/c1-4-13-15-10(2)16-17(13)14(19-11(3)18)12-8-6-5-7-9-12/h5-9,14H,4H2,1-3H3. The normalized spacial score (nSPS) is 12.2. The van der Waals surface area contributed by atoms with E-state index in [1.54, 1.807) is 4.68 Å². The first-order valence-electron chi connectivity index (χ1n) is 6.26. The van der Waals surface area contributed by atoms with Crippen molar-refractivity contribution in [2.24, 2.45) is 0 Å². The molecule has 2 rings (SSSR count). The Morgan fingerprint density at radius 1 is 1.37 bits per heavy atom. The summed E-state index contributed by atoms with van der Waals surface area (Å²) in [5, 5.41) is 4.34. The van der Waals surface area contributed by atoms with Gasteiger partial charge in [0.15, 0.2) is 0 Å². The molecule has 0 aliphatic heterocycles. The maximum absolute atomic E-state index is 11.3. The third-order valence-corrected chi connectivity index (χ3v) is 2.71. The number of rotatable bonds is 4. The smallest absolute Gasteiger partial charge is 0.304 e. The van der Waals surface area contributed by atoms with Crippen molar-refractivity contribution in [2.75, 3.05) is 0 Å². The van der Waals surface area contributed by atoms with E-state index in [1.807, 2.05) is 44.2 Å². The zero-order valence-electron chi connectivity index (χ0n) is 11.3.